The number of methoxy groups -OCH3 is 2. The van der Waals surface area contributed by atoms with Gasteiger partial charge < -0.3 is 29.4 Å². The van der Waals surface area contributed by atoms with Gasteiger partial charge in [-0.3, -0.25) is 4.79 Å². The molecule has 0 fully saturated rings. The minimum absolute atomic E-state index is 0.0629. The summed E-state index contributed by atoms with van der Waals surface area (Å²) in [4.78, 5) is 19.6. The van der Waals surface area contributed by atoms with Gasteiger partial charge in [-0.15, -0.1) is 0 Å². The summed E-state index contributed by atoms with van der Waals surface area (Å²) in [6.45, 7) is 0.699. The zero-order chi connectivity index (χ0) is 32.4. The van der Waals surface area contributed by atoms with E-state index in [1.165, 1.54) is 0 Å². The van der Waals surface area contributed by atoms with Crippen molar-refractivity contribution in [3.8, 4) is 17.2 Å². The third-order valence-electron chi connectivity index (χ3n) is 7.62. The molecule has 4 aromatic carbocycles. The van der Waals surface area contributed by atoms with Crippen LogP contribution in [0.3, 0.4) is 0 Å². The van der Waals surface area contributed by atoms with Crippen molar-refractivity contribution in [3.05, 3.63) is 130 Å². The van der Waals surface area contributed by atoms with Gasteiger partial charge in [0.15, 0.2) is 11.6 Å². The average molecular weight is 686 g/mol. The predicted octanol–water partition coefficient (Wildman–Crippen LogP) is 6.90. The van der Waals surface area contributed by atoms with E-state index in [4.69, 9.17) is 29.0 Å². The number of carbonyl (C=O) groups excluding carboxylic acids is 1. The maximum atomic E-state index is 14.5. The van der Waals surface area contributed by atoms with Crippen LogP contribution in [0.15, 0.2) is 113 Å². The normalized spacial score (nSPS) is 17.3. The van der Waals surface area contributed by atoms with Gasteiger partial charge in [0.25, 0.3) is 5.91 Å². The third kappa shape index (κ3) is 7.78. The molecule has 2 atom stereocenters. The Kier molecular flexibility index (Phi) is 11.1. The van der Waals surface area contributed by atoms with Crippen LogP contribution in [-0.4, -0.2) is 49.9 Å². The minimum atomic E-state index is -1.34. The first-order valence-corrected chi connectivity index (χ1v) is 15.8. The Morgan fingerprint density at radius 2 is 1.65 bits per heavy atom. The monoisotopic (exact) mass is 684 g/mol. The lowest BCUT2D eigenvalue weighted by atomic mass is 9.84. The molecule has 238 valence electrons. The van der Waals surface area contributed by atoms with Crippen LogP contribution >= 0.6 is 15.9 Å². The van der Waals surface area contributed by atoms with Crippen molar-refractivity contribution in [1.82, 2.24) is 5.32 Å². The van der Waals surface area contributed by atoms with Gasteiger partial charge in [-0.25, -0.2) is 4.99 Å². The van der Waals surface area contributed by atoms with Crippen molar-refractivity contribution in [2.24, 2.45) is 4.99 Å². The first-order valence-electron chi connectivity index (χ1n) is 15.0. The number of ether oxygens (including phenoxy) is 4. The number of hydrogen-bond donors (Lipinski definition) is 2. The average Bonchev–Trinajstić information content (AvgIpc) is 3.48. The topological polar surface area (TPSA) is 98.6 Å². The lowest BCUT2D eigenvalue weighted by molar-refractivity contribution is -0.129. The van der Waals surface area contributed by atoms with Gasteiger partial charge in [-0.2, -0.15) is 0 Å². The maximum Gasteiger partial charge on any atom is 0.252 e. The largest absolute Gasteiger partial charge is 0.497 e. The van der Waals surface area contributed by atoms with E-state index in [1.54, 1.807) is 20.3 Å². The zero-order valence-electron chi connectivity index (χ0n) is 25.8. The third-order valence-corrected chi connectivity index (χ3v) is 8.34. The summed E-state index contributed by atoms with van der Waals surface area (Å²) in [6.07, 6.45) is 4.04. The lowest BCUT2D eigenvalue weighted by Gasteiger charge is -2.30. The van der Waals surface area contributed by atoms with Crippen molar-refractivity contribution in [3.63, 3.8) is 0 Å². The van der Waals surface area contributed by atoms with E-state index in [2.05, 4.69) is 21.2 Å². The number of nitrogens with one attached hydrogen (secondary N) is 1. The van der Waals surface area contributed by atoms with E-state index in [1.807, 2.05) is 103 Å². The van der Waals surface area contributed by atoms with Gasteiger partial charge in [0.2, 0.25) is 5.90 Å². The summed E-state index contributed by atoms with van der Waals surface area (Å²) in [7, 11) is 3.18. The number of aliphatic imine (C=N–C) groups is 1. The molecule has 0 aromatic heterocycles. The highest BCUT2D eigenvalue weighted by atomic mass is 79.9. The van der Waals surface area contributed by atoms with Crippen molar-refractivity contribution >= 4 is 33.8 Å². The maximum absolute atomic E-state index is 14.5. The summed E-state index contributed by atoms with van der Waals surface area (Å²) < 4.78 is 24.0. The number of amides is 1. The molecule has 1 aliphatic heterocycles. The molecular formula is C37H37BrN2O6. The number of carbonyl (C=O) groups is 1. The van der Waals surface area contributed by atoms with E-state index in [9.17, 15) is 4.79 Å². The van der Waals surface area contributed by atoms with Crippen molar-refractivity contribution < 1.29 is 28.8 Å². The molecule has 0 spiro atoms. The molecule has 2 N–H and O–H groups in total. The SMILES string of the molecule is COc1cc(CNC(=O)[C@]2(C/C=C/c3ccccc3)N=C(c3ccc(OCCCO)cc3)O[C@@H]2c2ccccc2Br)cc(OC)c1. The van der Waals surface area contributed by atoms with E-state index in [0.717, 1.165) is 21.2 Å². The highest BCUT2D eigenvalue weighted by Crippen LogP contribution is 2.45. The van der Waals surface area contributed by atoms with Crippen LogP contribution < -0.4 is 19.5 Å². The fraction of sp³-hybridized carbons (Fsp3) is 0.243. The molecule has 1 aliphatic rings. The van der Waals surface area contributed by atoms with Crippen LogP contribution in [-0.2, 0) is 16.1 Å². The summed E-state index contributed by atoms with van der Waals surface area (Å²) in [5, 5.41) is 12.2. The van der Waals surface area contributed by atoms with Gasteiger partial charge >= 0.3 is 0 Å². The van der Waals surface area contributed by atoms with Crippen LogP contribution in [0.5, 0.6) is 17.2 Å². The number of nitrogens with zero attached hydrogens (tertiary/aromatic N) is 1. The van der Waals surface area contributed by atoms with Crippen LogP contribution in [0, 0.1) is 0 Å². The Bertz CT molecular complexity index is 1650. The Labute approximate surface area is 277 Å². The van der Waals surface area contributed by atoms with Crippen molar-refractivity contribution in [1.29, 1.82) is 0 Å². The number of halogens is 1. The highest BCUT2D eigenvalue weighted by molar-refractivity contribution is 9.10. The van der Waals surface area contributed by atoms with Gasteiger partial charge in [0.05, 0.1) is 20.8 Å². The number of aliphatic hydroxyl groups excluding tert-OH is 1. The number of aliphatic hydroxyl groups is 1. The zero-order valence-corrected chi connectivity index (χ0v) is 27.4. The Morgan fingerprint density at radius 3 is 2.33 bits per heavy atom. The molecule has 1 amide bonds. The molecule has 0 unspecified atom stereocenters. The van der Waals surface area contributed by atoms with E-state index < -0.39 is 11.6 Å². The number of hydrogen-bond acceptors (Lipinski definition) is 7. The minimum Gasteiger partial charge on any atom is -0.497 e. The Morgan fingerprint density at radius 1 is 0.957 bits per heavy atom. The molecule has 9 heteroatoms. The molecule has 1 heterocycles. The number of rotatable bonds is 14. The predicted molar refractivity (Wildman–Crippen MR) is 182 cm³/mol. The van der Waals surface area contributed by atoms with Gasteiger partial charge in [-0.1, -0.05) is 76.6 Å². The van der Waals surface area contributed by atoms with Crippen LogP contribution in [0.25, 0.3) is 6.08 Å². The molecule has 4 aromatic rings. The smallest absolute Gasteiger partial charge is 0.252 e. The molecule has 0 saturated carbocycles. The van der Waals surface area contributed by atoms with Crippen molar-refractivity contribution in [2.45, 2.75) is 31.0 Å². The van der Waals surface area contributed by atoms with Crippen LogP contribution in [0.2, 0.25) is 0 Å². The van der Waals surface area contributed by atoms with E-state index in [-0.39, 0.29) is 25.5 Å². The fourth-order valence-corrected chi connectivity index (χ4v) is 5.72. The van der Waals surface area contributed by atoms with E-state index >= 15 is 0 Å². The molecule has 0 bridgehead atoms. The summed E-state index contributed by atoms with van der Waals surface area (Å²) in [5.74, 6) is 1.99. The van der Waals surface area contributed by atoms with Crippen LogP contribution in [0.4, 0.5) is 0 Å². The molecule has 0 aliphatic carbocycles. The summed E-state index contributed by atoms with van der Waals surface area (Å²) in [5.41, 5.74) is 2.00. The Hall–Kier alpha value is -4.60. The van der Waals surface area contributed by atoms with Gasteiger partial charge in [0, 0.05) is 47.7 Å². The quantitative estimate of drug-likeness (QED) is 0.140. The second-order valence-electron chi connectivity index (χ2n) is 10.7. The molecule has 46 heavy (non-hydrogen) atoms. The molecule has 0 saturated heterocycles. The first-order chi connectivity index (χ1) is 22.5. The van der Waals surface area contributed by atoms with Gasteiger partial charge in [0.1, 0.15) is 17.2 Å². The molecule has 0 radical (unpaired) electrons. The molecular weight excluding hydrogens is 648 g/mol. The van der Waals surface area contributed by atoms with Gasteiger partial charge in [-0.05, 0) is 53.6 Å². The summed E-state index contributed by atoms with van der Waals surface area (Å²) >= 11 is 3.69. The first kappa shape index (κ1) is 32.8. The van der Waals surface area contributed by atoms with Crippen LogP contribution in [0.1, 0.15) is 41.2 Å². The highest BCUT2D eigenvalue weighted by Gasteiger charge is 2.53. The second-order valence-corrected chi connectivity index (χ2v) is 11.6. The molecule has 5 rings (SSSR count). The Balaban J connectivity index is 1.54. The number of benzene rings is 4. The second kappa shape index (κ2) is 15.6. The fourth-order valence-electron chi connectivity index (χ4n) is 5.22. The summed E-state index contributed by atoms with van der Waals surface area (Å²) in [6, 6.07) is 30.5. The standard InChI is InChI=1S/C37H37BrN2O6/c1-43-30-22-27(23-31(24-30)44-2)25-39-36(42)37(19-8-12-26-10-4-3-5-11-26)34(32-13-6-7-14-33(32)38)46-35(40-37)28-15-17-29(18-16-28)45-21-9-20-41/h3-8,10-18,22-24,34,41H,9,19-21,25H2,1-2H3,(H,39,42)/b12-8+/t34-,37-/m1/s1. The van der Waals surface area contributed by atoms with E-state index in [0.29, 0.717) is 41.7 Å². The lowest BCUT2D eigenvalue weighted by Crippen LogP contribution is -2.47. The van der Waals surface area contributed by atoms with Crippen molar-refractivity contribution in [2.75, 3.05) is 27.4 Å². The molecule has 8 nitrogen and oxygen atoms in total.